The molecule has 1 aliphatic rings. The quantitative estimate of drug-likeness (QED) is 0.611. The summed E-state index contributed by atoms with van der Waals surface area (Å²) in [5.74, 6) is -1.64. The number of hydrogen-bond acceptors (Lipinski definition) is 5. The van der Waals surface area contributed by atoms with E-state index >= 15 is 0 Å². The van der Waals surface area contributed by atoms with Gasteiger partial charge in [-0.2, -0.15) is 4.31 Å². The molecule has 1 fully saturated rings. The van der Waals surface area contributed by atoms with Crippen molar-refractivity contribution in [1.82, 2.24) is 9.62 Å². The summed E-state index contributed by atoms with van der Waals surface area (Å²) in [7, 11) is -2.48. The third-order valence-corrected chi connectivity index (χ3v) is 7.63. The van der Waals surface area contributed by atoms with Crippen LogP contribution < -0.4 is 5.32 Å². The van der Waals surface area contributed by atoms with Crippen LogP contribution >= 0.6 is 11.6 Å². The largest absolute Gasteiger partial charge is 0.469 e. The van der Waals surface area contributed by atoms with Crippen LogP contribution in [0, 0.1) is 11.7 Å². The Morgan fingerprint density at radius 2 is 1.72 bits per heavy atom. The van der Waals surface area contributed by atoms with Crippen molar-refractivity contribution in [2.24, 2.45) is 5.92 Å². The molecule has 0 radical (unpaired) electrons. The molecule has 0 aromatic heterocycles. The van der Waals surface area contributed by atoms with Crippen LogP contribution in [0.4, 0.5) is 4.39 Å². The number of sulfonamides is 1. The fourth-order valence-electron chi connectivity index (χ4n) is 3.60. The first kappa shape index (κ1) is 24.2. The highest BCUT2D eigenvalue weighted by atomic mass is 35.5. The molecule has 0 aliphatic carbocycles. The van der Waals surface area contributed by atoms with Crippen LogP contribution in [0.25, 0.3) is 0 Å². The number of methoxy groups -OCH3 is 1. The van der Waals surface area contributed by atoms with Crippen molar-refractivity contribution < 1.29 is 27.1 Å². The van der Waals surface area contributed by atoms with Crippen LogP contribution in [0.1, 0.15) is 30.9 Å². The summed E-state index contributed by atoms with van der Waals surface area (Å²) < 4.78 is 44.7. The van der Waals surface area contributed by atoms with E-state index in [0.29, 0.717) is 23.4 Å². The lowest BCUT2D eigenvalue weighted by molar-refractivity contribution is -0.141. The predicted octanol–water partition coefficient (Wildman–Crippen LogP) is 3.30. The Kier molecular flexibility index (Phi) is 7.86. The Balaban J connectivity index is 1.64. The number of nitrogens with zero attached hydrogens (tertiary/aromatic N) is 1. The highest BCUT2D eigenvalue weighted by Gasteiger charge is 2.33. The van der Waals surface area contributed by atoms with Crippen LogP contribution in [0.5, 0.6) is 0 Å². The van der Waals surface area contributed by atoms with Crippen LogP contribution in [-0.4, -0.2) is 44.8 Å². The highest BCUT2D eigenvalue weighted by molar-refractivity contribution is 7.89. The smallest absolute Gasteiger partial charge is 0.307 e. The van der Waals surface area contributed by atoms with Crippen molar-refractivity contribution in [3.63, 3.8) is 0 Å². The number of nitrogens with one attached hydrogen (secondary N) is 1. The monoisotopic (exact) mass is 482 g/mol. The van der Waals surface area contributed by atoms with Crippen LogP contribution in [0.15, 0.2) is 53.4 Å². The minimum absolute atomic E-state index is 0.0164. The maximum Gasteiger partial charge on any atom is 0.307 e. The second-order valence-electron chi connectivity index (χ2n) is 7.53. The van der Waals surface area contributed by atoms with Gasteiger partial charge in [-0.05, 0) is 54.8 Å². The normalized spacial score (nSPS) is 16.3. The topological polar surface area (TPSA) is 92.8 Å². The lowest BCUT2D eigenvalue weighted by Gasteiger charge is -2.31. The molecule has 2 aromatic rings. The van der Waals surface area contributed by atoms with E-state index in [9.17, 15) is 22.4 Å². The summed E-state index contributed by atoms with van der Waals surface area (Å²) in [6, 6.07) is 10.9. The zero-order chi connectivity index (χ0) is 23.3. The van der Waals surface area contributed by atoms with E-state index in [2.05, 4.69) is 5.32 Å². The molecule has 1 atom stereocenters. The zero-order valence-corrected chi connectivity index (χ0v) is 19.0. The fourth-order valence-corrected chi connectivity index (χ4v) is 5.20. The molecule has 2 aromatic carbocycles. The molecular formula is C22H24ClFN2O5S. The van der Waals surface area contributed by atoms with Gasteiger partial charge in [0, 0.05) is 24.0 Å². The first-order valence-corrected chi connectivity index (χ1v) is 11.9. The van der Waals surface area contributed by atoms with Gasteiger partial charge in [0.2, 0.25) is 15.9 Å². The van der Waals surface area contributed by atoms with Gasteiger partial charge in [0.05, 0.1) is 24.5 Å². The number of carbonyl (C=O) groups excluding carboxylic acids is 2. The van der Waals surface area contributed by atoms with Gasteiger partial charge in [-0.1, -0.05) is 23.7 Å². The molecule has 1 saturated heterocycles. The van der Waals surface area contributed by atoms with E-state index in [4.69, 9.17) is 16.3 Å². The SMILES string of the molecule is COC(=O)CC(NC(=O)C1CCN(S(=O)(=O)c2ccc(F)cc2)CC1)c1ccc(Cl)cc1. The molecule has 7 nitrogen and oxygen atoms in total. The molecule has 0 bridgehead atoms. The minimum Gasteiger partial charge on any atom is -0.469 e. The van der Waals surface area contributed by atoms with Gasteiger partial charge in [0.1, 0.15) is 5.82 Å². The third kappa shape index (κ3) is 5.85. The Morgan fingerprint density at radius 1 is 1.12 bits per heavy atom. The van der Waals surface area contributed by atoms with Crippen LogP contribution in [0.3, 0.4) is 0 Å². The van der Waals surface area contributed by atoms with Gasteiger partial charge in [-0.25, -0.2) is 12.8 Å². The highest BCUT2D eigenvalue weighted by Crippen LogP contribution is 2.26. The first-order chi connectivity index (χ1) is 15.2. The standard InChI is InChI=1S/C22H24ClFN2O5S/c1-31-21(27)14-20(15-2-4-17(23)5-3-15)25-22(28)16-10-12-26(13-11-16)32(29,30)19-8-6-18(24)7-9-19/h2-9,16,20H,10-14H2,1H3,(H,25,28). The predicted molar refractivity (Wildman–Crippen MR) is 117 cm³/mol. The number of esters is 1. The molecule has 1 N–H and O–H groups in total. The van der Waals surface area contributed by atoms with Crippen LogP contribution in [0.2, 0.25) is 5.02 Å². The number of rotatable bonds is 7. The van der Waals surface area contributed by atoms with Gasteiger partial charge in [0.25, 0.3) is 0 Å². The number of carbonyl (C=O) groups is 2. The molecule has 1 amide bonds. The van der Waals surface area contributed by atoms with Crippen molar-refractivity contribution in [3.05, 3.63) is 64.9 Å². The van der Waals surface area contributed by atoms with E-state index < -0.39 is 33.8 Å². The van der Waals surface area contributed by atoms with Crippen molar-refractivity contribution in [3.8, 4) is 0 Å². The number of ether oxygens (including phenoxy) is 1. The third-order valence-electron chi connectivity index (χ3n) is 5.46. The number of hydrogen-bond donors (Lipinski definition) is 1. The minimum atomic E-state index is -3.76. The Morgan fingerprint density at radius 3 is 2.28 bits per heavy atom. The van der Waals surface area contributed by atoms with Gasteiger partial charge < -0.3 is 10.1 Å². The second kappa shape index (κ2) is 10.4. The average Bonchev–Trinajstić information content (AvgIpc) is 2.79. The van der Waals surface area contributed by atoms with Gasteiger partial charge >= 0.3 is 5.97 Å². The number of halogens is 2. The molecule has 1 heterocycles. The van der Waals surface area contributed by atoms with Crippen LogP contribution in [-0.2, 0) is 24.3 Å². The van der Waals surface area contributed by atoms with Crippen molar-refractivity contribution in [2.75, 3.05) is 20.2 Å². The van der Waals surface area contributed by atoms with Crippen molar-refractivity contribution in [1.29, 1.82) is 0 Å². The molecule has 32 heavy (non-hydrogen) atoms. The zero-order valence-electron chi connectivity index (χ0n) is 17.5. The molecule has 172 valence electrons. The van der Waals surface area contributed by atoms with E-state index in [1.165, 1.54) is 23.5 Å². The van der Waals surface area contributed by atoms with Gasteiger partial charge in [-0.3, -0.25) is 9.59 Å². The van der Waals surface area contributed by atoms with Crippen molar-refractivity contribution in [2.45, 2.75) is 30.2 Å². The van der Waals surface area contributed by atoms with E-state index in [-0.39, 0.29) is 30.3 Å². The molecule has 1 aliphatic heterocycles. The van der Waals surface area contributed by atoms with Crippen molar-refractivity contribution >= 4 is 33.5 Å². The Hall–Kier alpha value is -2.49. The molecule has 10 heteroatoms. The van der Waals surface area contributed by atoms with E-state index in [1.54, 1.807) is 24.3 Å². The molecule has 0 saturated carbocycles. The Labute approximate surface area is 191 Å². The number of piperidine rings is 1. The lowest BCUT2D eigenvalue weighted by Crippen LogP contribution is -2.43. The molecular weight excluding hydrogens is 459 g/mol. The maximum atomic E-state index is 13.1. The van der Waals surface area contributed by atoms with E-state index in [0.717, 1.165) is 12.1 Å². The van der Waals surface area contributed by atoms with Gasteiger partial charge in [0.15, 0.2) is 0 Å². The summed E-state index contributed by atoms with van der Waals surface area (Å²) in [5, 5.41) is 3.42. The van der Waals surface area contributed by atoms with Gasteiger partial charge in [-0.15, -0.1) is 0 Å². The molecule has 3 rings (SSSR count). The Bertz CT molecular complexity index is 1050. The molecule has 1 unspecified atom stereocenters. The lowest BCUT2D eigenvalue weighted by atomic mass is 9.95. The summed E-state index contributed by atoms with van der Waals surface area (Å²) >= 11 is 5.93. The average molecular weight is 483 g/mol. The summed E-state index contributed by atoms with van der Waals surface area (Å²) in [5.41, 5.74) is 0.712. The number of benzene rings is 2. The summed E-state index contributed by atoms with van der Waals surface area (Å²) in [6.07, 6.45) is 0.622. The molecule has 0 spiro atoms. The fraction of sp³-hybridized carbons (Fsp3) is 0.364. The second-order valence-corrected chi connectivity index (χ2v) is 9.90. The summed E-state index contributed by atoms with van der Waals surface area (Å²) in [4.78, 5) is 24.7. The van der Waals surface area contributed by atoms with E-state index in [1.807, 2.05) is 0 Å². The number of amides is 1. The maximum absolute atomic E-state index is 13.1. The first-order valence-electron chi connectivity index (χ1n) is 10.1. The summed E-state index contributed by atoms with van der Waals surface area (Å²) in [6.45, 7) is 0.334.